The van der Waals surface area contributed by atoms with Crippen LogP contribution in [0.4, 0.5) is 0 Å². The number of carbonyl (C=O) groups is 1. The first-order valence-corrected chi connectivity index (χ1v) is 8.26. The smallest absolute Gasteiger partial charge is 0.255 e. The molecule has 0 aliphatic rings. The maximum Gasteiger partial charge on any atom is 0.255 e. The summed E-state index contributed by atoms with van der Waals surface area (Å²) in [5.41, 5.74) is 12.9. The van der Waals surface area contributed by atoms with Gasteiger partial charge in [-0.15, -0.1) is 0 Å². The van der Waals surface area contributed by atoms with Crippen LogP contribution in [-0.2, 0) is 17.9 Å². The minimum absolute atomic E-state index is 0.165. The molecule has 0 unspecified atom stereocenters. The van der Waals surface area contributed by atoms with Gasteiger partial charge in [-0.05, 0) is 35.4 Å². The Morgan fingerprint density at radius 1 is 1.04 bits per heavy atom. The molecule has 8 heteroatoms. The molecule has 0 atom stereocenters. The van der Waals surface area contributed by atoms with Crippen molar-refractivity contribution >= 4 is 11.9 Å². The van der Waals surface area contributed by atoms with Crippen LogP contribution in [0, 0.1) is 0 Å². The number of nitrogens with two attached hydrogens (primary N) is 2. The van der Waals surface area contributed by atoms with Gasteiger partial charge in [-0.1, -0.05) is 18.2 Å². The van der Waals surface area contributed by atoms with Crippen molar-refractivity contribution in [1.29, 1.82) is 0 Å². The third kappa shape index (κ3) is 6.43. The van der Waals surface area contributed by atoms with Crippen molar-refractivity contribution in [3.8, 4) is 17.2 Å². The van der Waals surface area contributed by atoms with Crippen LogP contribution in [0.15, 0.2) is 47.5 Å². The topological polar surface area (TPSA) is 121 Å². The second-order valence-corrected chi connectivity index (χ2v) is 5.65. The molecule has 0 heterocycles. The summed E-state index contributed by atoms with van der Waals surface area (Å²) in [7, 11) is 3.18. The van der Waals surface area contributed by atoms with Crippen molar-refractivity contribution in [2.24, 2.45) is 16.5 Å². The lowest BCUT2D eigenvalue weighted by Gasteiger charge is -2.11. The summed E-state index contributed by atoms with van der Waals surface area (Å²) in [5.74, 6) is 1.66. The zero-order chi connectivity index (χ0) is 19.6. The highest BCUT2D eigenvalue weighted by Gasteiger charge is 2.05. The molecule has 1 amide bonds. The van der Waals surface area contributed by atoms with Crippen LogP contribution in [0.1, 0.15) is 11.1 Å². The first kappa shape index (κ1) is 19.9. The van der Waals surface area contributed by atoms with Gasteiger partial charge in [0.2, 0.25) is 0 Å². The predicted molar refractivity (Wildman–Crippen MR) is 103 cm³/mol. The van der Waals surface area contributed by atoms with E-state index in [1.54, 1.807) is 26.4 Å². The number of primary amides is 1. The molecule has 0 aromatic heterocycles. The van der Waals surface area contributed by atoms with E-state index in [0.29, 0.717) is 36.3 Å². The lowest BCUT2D eigenvalue weighted by Crippen LogP contribution is -2.31. The molecular formula is C19H24N4O4. The van der Waals surface area contributed by atoms with Gasteiger partial charge in [0.1, 0.15) is 5.75 Å². The van der Waals surface area contributed by atoms with Gasteiger partial charge in [0.25, 0.3) is 5.91 Å². The zero-order valence-corrected chi connectivity index (χ0v) is 15.4. The number of hydrogen-bond acceptors (Lipinski definition) is 5. The molecule has 2 rings (SSSR count). The largest absolute Gasteiger partial charge is 0.493 e. The van der Waals surface area contributed by atoms with Crippen LogP contribution in [0.3, 0.4) is 0 Å². The van der Waals surface area contributed by atoms with E-state index in [9.17, 15) is 4.79 Å². The normalized spacial score (nSPS) is 11.0. The number of aliphatic imine (C=N–C) groups is 1. The molecule has 0 saturated heterocycles. The number of nitrogens with zero attached hydrogens (tertiary/aromatic N) is 1. The molecule has 0 bridgehead atoms. The molecule has 27 heavy (non-hydrogen) atoms. The summed E-state index contributed by atoms with van der Waals surface area (Å²) in [6, 6.07) is 12.9. The minimum atomic E-state index is -0.526. The van der Waals surface area contributed by atoms with Gasteiger partial charge in [-0.25, -0.2) is 4.99 Å². The maximum absolute atomic E-state index is 10.8. The number of amides is 1. The van der Waals surface area contributed by atoms with Crippen LogP contribution in [-0.4, -0.2) is 32.7 Å². The number of guanidine groups is 1. The monoisotopic (exact) mass is 372 g/mol. The van der Waals surface area contributed by atoms with Crippen molar-refractivity contribution in [2.75, 3.05) is 20.8 Å². The first-order valence-electron chi connectivity index (χ1n) is 8.26. The van der Waals surface area contributed by atoms with Crippen molar-refractivity contribution in [3.05, 3.63) is 53.6 Å². The van der Waals surface area contributed by atoms with Crippen molar-refractivity contribution in [2.45, 2.75) is 13.1 Å². The summed E-state index contributed by atoms with van der Waals surface area (Å²) in [5, 5.41) is 3.05. The Kier molecular flexibility index (Phi) is 7.30. The highest BCUT2D eigenvalue weighted by atomic mass is 16.5. The standard InChI is InChI=1S/C19H24N4O4/c1-25-16-7-6-14(9-17(16)26-2)11-23-19(21)22-10-13-4-3-5-15(8-13)27-12-18(20)24/h3-9H,10-12H2,1-2H3,(H2,20,24)(H3,21,22,23). The van der Waals surface area contributed by atoms with E-state index in [2.05, 4.69) is 10.3 Å². The Morgan fingerprint density at radius 3 is 2.52 bits per heavy atom. The van der Waals surface area contributed by atoms with Crippen molar-refractivity contribution < 1.29 is 19.0 Å². The number of carbonyl (C=O) groups excluding carboxylic acids is 1. The van der Waals surface area contributed by atoms with Gasteiger partial charge >= 0.3 is 0 Å². The van der Waals surface area contributed by atoms with E-state index in [1.807, 2.05) is 30.3 Å². The number of methoxy groups -OCH3 is 2. The molecule has 0 fully saturated rings. The summed E-state index contributed by atoms with van der Waals surface area (Å²) < 4.78 is 15.8. The molecule has 2 aromatic rings. The van der Waals surface area contributed by atoms with Gasteiger partial charge in [-0.2, -0.15) is 0 Å². The van der Waals surface area contributed by atoms with Crippen LogP contribution >= 0.6 is 0 Å². The molecule has 0 aliphatic heterocycles. The second kappa shape index (κ2) is 9.91. The van der Waals surface area contributed by atoms with E-state index in [0.717, 1.165) is 11.1 Å². The van der Waals surface area contributed by atoms with E-state index in [1.165, 1.54) is 0 Å². The lowest BCUT2D eigenvalue weighted by atomic mass is 10.2. The molecule has 0 aliphatic carbocycles. The Hall–Kier alpha value is -3.42. The molecular weight excluding hydrogens is 348 g/mol. The number of ether oxygens (including phenoxy) is 3. The van der Waals surface area contributed by atoms with Gasteiger partial charge in [0.05, 0.1) is 20.8 Å². The number of rotatable bonds is 9. The average Bonchev–Trinajstić information content (AvgIpc) is 2.69. The van der Waals surface area contributed by atoms with Gasteiger partial charge in [0.15, 0.2) is 24.1 Å². The Morgan fingerprint density at radius 2 is 1.81 bits per heavy atom. The second-order valence-electron chi connectivity index (χ2n) is 5.65. The van der Waals surface area contributed by atoms with Crippen molar-refractivity contribution in [1.82, 2.24) is 5.32 Å². The quantitative estimate of drug-likeness (QED) is 0.449. The molecule has 8 nitrogen and oxygen atoms in total. The molecule has 0 spiro atoms. The first-order chi connectivity index (χ1) is 13.0. The lowest BCUT2D eigenvalue weighted by molar-refractivity contribution is -0.119. The van der Waals surface area contributed by atoms with E-state index in [4.69, 9.17) is 25.7 Å². The van der Waals surface area contributed by atoms with Crippen LogP contribution in [0.2, 0.25) is 0 Å². The summed E-state index contributed by atoms with van der Waals surface area (Å²) in [6.45, 7) is 0.706. The Balaban J connectivity index is 1.91. The summed E-state index contributed by atoms with van der Waals surface area (Å²) in [4.78, 5) is 15.1. The van der Waals surface area contributed by atoms with E-state index < -0.39 is 5.91 Å². The van der Waals surface area contributed by atoms with E-state index in [-0.39, 0.29) is 6.61 Å². The summed E-state index contributed by atoms with van der Waals surface area (Å²) in [6.07, 6.45) is 0. The highest BCUT2D eigenvalue weighted by Crippen LogP contribution is 2.27. The third-order valence-electron chi connectivity index (χ3n) is 3.63. The van der Waals surface area contributed by atoms with Gasteiger partial charge < -0.3 is 31.0 Å². The Labute approximate surface area is 158 Å². The van der Waals surface area contributed by atoms with Gasteiger partial charge in [0, 0.05) is 6.54 Å². The zero-order valence-electron chi connectivity index (χ0n) is 15.4. The van der Waals surface area contributed by atoms with Crippen LogP contribution < -0.4 is 31.0 Å². The number of benzene rings is 2. The predicted octanol–water partition coefficient (Wildman–Crippen LogP) is 1.17. The maximum atomic E-state index is 10.8. The van der Waals surface area contributed by atoms with Crippen LogP contribution in [0.25, 0.3) is 0 Å². The van der Waals surface area contributed by atoms with Crippen molar-refractivity contribution in [3.63, 3.8) is 0 Å². The highest BCUT2D eigenvalue weighted by molar-refractivity contribution is 5.77. The fraction of sp³-hybridized carbons (Fsp3) is 0.263. The van der Waals surface area contributed by atoms with E-state index >= 15 is 0 Å². The number of hydrogen-bond donors (Lipinski definition) is 3. The van der Waals surface area contributed by atoms with Gasteiger partial charge in [-0.3, -0.25) is 4.79 Å². The molecule has 5 N–H and O–H groups in total. The molecule has 144 valence electrons. The molecule has 0 saturated carbocycles. The fourth-order valence-corrected chi connectivity index (χ4v) is 2.30. The Bertz CT molecular complexity index is 808. The molecule has 0 radical (unpaired) electrons. The summed E-state index contributed by atoms with van der Waals surface area (Å²) >= 11 is 0. The average molecular weight is 372 g/mol. The third-order valence-corrected chi connectivity index (χ3v) is 3.63. The van der Waals surface area contributed by atoms with Crippen LogP contribution in [0.5, 0.6) is 17.2 Å². The number of nitrogens with one attached hydrogen (secondary N) is 1. The molecule has 2 aromatic carbocycles. The minimum Gasteiger partial charge on any atom is -0.493 e. The SMILES string of the molecule is COc1ccc(CNC(N)=NCc2cccc(OCC(N)=O)c2)cc1OC. The fourth-order valence-electron chi connectivity index (χ4n) is 2.30.